The summed E-state index contributed by atoms with van der Waals surface area (Å²) in [5.74, 6) is -2.87. The third kappa shape index (κ3) is 2.52. The first-order chi connectivity index (χ1) is 14.5. The summed E-state index contributed by atoms with van der Waals surface area (Å²) in [4.78, 5) is 39.4. The Morgan fingerprint density at radius 1 is 1.03 bits per heavy atom. The molecule has 1 heterocycles. The molecule has 3 aromatic carbocycles. The summed E-state index contributed by atoms with van der Waals surface area (Å²) in [5, 5.41) is 5.19. The normalized spacial score (nSPS) is 23.9. The molecule has 150 valence electrons. The van der Waals surface area contributed by atoms with Gasteiger partial charge in [0.25, 0.3) is 0 Å². The van der Waals surface area contributed by atoms with Gasteiger partial charge in [-0.2, -0.15) is 0 Å². The SMILES string of the molecule is CCOC(=O)[C@H]1[C@H](C(=O)c2ccc3ccccc3c2)C12C(=O)Nc1ccc(Cl)cc12. The third-order valence-electron chi connectivity index (χ3n) is 6.11. The van der Waals surface area contributed by atoms with Crippen LogP contribution >= 0.6 is 11.6 Å². The molecule has 3 aromatic rings. The standard InChI is InChI=1S/C24H18ClNO4/c1-2-30-22(28)20-19(21(27)15-8-7-13-5-3-4-6-14(13)11-15)24(20)17-12-16(25)9-10-18(17)26-23(24)29/h3-12,19-20H,2H2,1H3,(H,26,29)/t19-,20-,24?/m1/s1. The quantitative estimate of drug-likeness (QED) is 0.503. The molecule has 1 unspecified atom stereocenters. The van der Waals surface area contributed by atoms with E-state index >= 15 is 0 Å². The van der Waals surface area contributed by atoms with E-state index in [4.69, 9.17) is 16.3 Å². The molecule has 0 aromatic heterocycles. The Bertz CT molecular complexity index is 1240. The largest absolute Gasteiger partial charge is 0.466 e. The van der Waals surface area contributed by atoms with E-state index in [0.29, 0.717) is 21.8 Å². The van der Waals surface area contributed by atoms with E-state index in [9.17, 15) is 14.4 Å². The number of anilines is 1. The number of amides is 1. The first kappa shape index (κ1) is 18.8. The van der Waals surface area contributed by atoms with Crippen LogP contribution in [0.4, 0.5) is 5.69 Å². The lowest BCUT2D eigenvalue weighted by Gasteiger charge is -2.09. The first-order valence-corrected chi connectivity index (χ1v) is 10.2. The minimum Gasteiger partial charge on any atom is -0.466 e. The van der Waals surface area contributed by atoms with Crippen LogP contribution in [0.3, 0.4) is 0 Å². The van der Waals surface area contributed by atoms with Gasteiger partial charge in [-0.25, -0.2) is 0 Å². The van der Waals surface area contributed by atoms with E-state index in [1.807, 2.05) is 30.3 Å². The minimum atomic E-state index is -1.28. The van der Waals surface area contributed by atoms with Gasteiger partial charge in [-0.05, 0) is 47.5 Å². The predicted molar refractivity (Wildman–Crippen MR) is 114 cm³/mol. The number of carbonyl (C=O) groups is 3. The topological polar surface area (TPSA) is 72.5 Å². The van der Waals surface area contributed by atoms with Crippen molar-refractivity contribution in [2.24, 2.45) is 11.8 Å². The third-order valence-corrected chi connectivity index (χ3v) is 6.35. The summed E-state index contributed by atoms with van der Waals surface area (Å²) in [7, 11) is 0. The lowest BCUT2D eigenvalue weighted by atomic mass is 9.90. The van der Waals surface area contributed by atoms with Crippen LogP contribution in [-0.4, -0.2) is 24.3 Å². The van der Waals surface area contributed by atoms with Crippen molar-refractivity contribution in [3.05, 3.63) is 76.8 Å². The zero-order valence-corrected chi connectivity index (χ0v) is 16.9. The van der Waals surface area contributed by atoms with Gasteiger partial charge in [-0.1, -0.05) is 48.0 Å². The molecule has 0 bridgehead atoms. The maximum absolute atomic E-state index is 13.6. The number of halogens is 1. The molecule has 2 aliphatic rings. The molecule has 0 saturated heterocycles. The average Bonchev–Trinajstić information content (AvgIpc) is 3.37. The number of hydrogen-bond donors (Lipinski definition) is 1. The van der Waals surface area contributed by atoms with Crippen LogP contribution < -0.4 is 5.32 Å². The Labute approximate surface area is 178 Å². The highest BCUT2D eigenvalue weighted by Gasteiger charge is 2.79. The summed E-state index contributed by atoms with van der Waals surface area (Å²) in [6.45, 7) is 1.87. The molecule has 3 atom stereocenters. The Morgan fingerprint density at radius 3 is 2.57 bits per heavy atom. The Kier molecular flexibility index (Phi) is 4.19. The van der Waals surface area contributed by atoms with Crippen LogP contribution in [-0.2, 0) is 19.7 Å². The van der Waals surface area contributed by atoms with Crippen molar-refractivity contribution < 1.29 is 19.1 Å². The number of benzene rings is 3. The van der Waals surface area contributed by atoms with Crippen molar-refractivity contribution in [1.82, 2.24) is 0 Å². The molecule has 6 heteroatoms. The second-order valence-corrected chi connectivity index (χ2v) is 8.08. The lowest BCUT2D eigenvalue weighted by molar-refractivity contribution is -0.146. The zero-order valence-electron chi connectivity index (χ0n) is 16.1. The van der Waals surface area contributed by atoms with Gasteiger partial charge in [0.15, 0.2) is 5.78 Å². The molecule has 1 fully saturated rings. The molecule has 1 spiro atoms. The maximum atomic E-state index is 13.6. The smallest absolute Gasteiger partial charge is 0.311 e. The highest BCUT2D eigenvalue weighted by atomic mass is 35.5. The van der Waals surface area contributed by atoms with Gasteiger partial charge in [0.1, 0.15) is 5.41 Å². The molecule has 5 rings (SSSR count). The van der Waals surface area contributed by atoms with E-state index in [0.717, 1.165) is 10.8 Å². The molecular formula is C24H18ClNO4. The van der Waals surface area contributed by atoms with Crippen molar-refractivity contribution >= 4 is 45.7 Å². The Hall–Kier alpha value is -3.18. The zero-order chi connectivity index (χ0) is 21.0. The average molecular weight is 420 g/mol. The van der Waals surface area contributed by atoms with Crippen molar-refractivity contribution in [2.45, 2.75) is 12.3 Å². The number of rotatable bonds is 4. The summed E-state index contributed by atoms with van der Waals surface area (Å²) >= 11 is 6.18. The number of fused-ring (bicyclic) bond motifs is 3. The van der Waals surface area contributed by atoms with Crippen LogP contribution in [0.2, 0.25) is 5.02 Å². The number of hydrogen-bond acceptors (Lipinski definition) is 4. The fourth-order valence-corrected chi connectivity index (χ4v) is 4.93. The van der Waals surface area contributed by atoms with Gasteiger partial charge >= 0.3 is 5.97 Å². The van der Waals surface area contributed by atoms with Gasteiger partial charge in [-0.15, -0.1) is 0 Å². The molecular weight excluding hydrogens is 402 g/mol. The highest BCUT2D eigenvalue weighted by Crippen LogP contribution is 2.66. The molecule has 5 nitrogen and oxygen atoms in total. The Morgan fingerprint density at radius 2 is 1.80 bits per heavy atom. The van der Waals surface area contributed by atoms with Gasteiger partial charge in [0.05, 0.1) is 18.4 Å². The van der Waals surface area contributed by atoms with Gasteiger partial charge in [-0.3, -0.25) is 14.4 Å². The van der Waals surface area contributed by atoms with Crippen molar-refractivity contribution in [3.63, 3.8) is 0 Å². The molecule has 1 aliphatic carbocycles. The number of ether oxygens (including phenoxy) is 1. The molecule has 1 aliphatic heterocycles. The lowest BCUT2D eigenvalue weighted by Crippen LogP contribution is -2.26. The molecule has 1 N–H and O–H groups in total. The van der Waals surface area contributed by atoms with Gasteiger partial charge < -0.3 is 10.1 Å². The number of nitrogens with one attached hydrogen (secondary N) is 1. The summed E-state index contributed by atoms with van der Waals surface area (Å²) in [6.07, 6.45) is 0. The molecule has 1 saturated carbocycles. The van der Waals surface area contributed by atoms with Crippen molar-refractivity contribution in [2.75, 3.05) is 11.9 Å². The van der Waals surface area contributed by atoms with E-state index < -0.39 is 23.2 Å². The van der Waals surface area contributed by atoms with Gasteiger partial charge in [0.2, 0.25) is 5.91 Å². The molecule has 30 heavy (non-hydrogen) atoms. The minimum absolute atomic E-state index is 0.173. The summed E-state index contributed by atoms with van der Waals surface area (Å²) in [6, 6.07) is 18.2. The van der Waals surface area contributed by atoms with E-state index in [2.05, 4.69) is 5.32 Å². The fraction of sp³-hybridized carbons (Fsp3) is 0.208. The monoisotopic (exact) mass is 419 g/mol. The Balaban J connectivity index is 1.62. The van der Waals surface area contributed by atoms with Gasteiger partial charge in [0, 0.05) is 16.3 Å². The fourth-order valence-electron chi connectivity index (χ4n) is 4.76. The van der Waals surface area contributed by atoms with Crippen LogP contribution in [0.5, 0.6) is 0 Å². The van der Waals surface area contributed by atoms with Crippen LogP contribution in [0.1, 0.15) is 22.8 Å². The highest BCUT2D eigenvalue weighted by molar-refractivity contribution is 6.31. The van der Waals surface area contributed by atoms with Crippen molar-refractivity contribution in [3.8, 4) is 0 Å². The van der Waals surface area contributed by atoms with E-state index in [-0.39, 0.29) is 18.3 Å². The summed E-state index contributed by atoms with van der Waals surface area (Å²) in [5.41, 5.74) is 0.340. The second kappa shape index (κ2) is 6.67. The first-order valence-electron chi connectivity index (χ1n) is 9.79. The van der Waals surface area contributed by atoms with E-state index in [1.165, 1.54) is 0 Å². The van der Waals surface area contributed by atoms with Crippen LogP contribution in [0, 0.1) is 11.8 Å². The van der Waals surface area contributed by atoms with E-state index in [1.54, 1.807) is 37.3 Å². The molecule has 0 radical (unpaired) electrons. The number of carbonyl (C=O) groups excluding carboxylic acids is 3. The number of Topliss-reactive ketones (excluding diaryl/α,β-unsaturated/α-hetero) is 1. The second-order valence-electron chi connectivity index (χ2n) is 7.65. The van der Waals surface area contributed by atoms with Crippen LogP contribution in [0.15, 0.2) is 60.7 Å². The maximum Gasteiger partial charge on any atom is 0.311 e. The predicted octanol–water partition coefficient (Wildman–Crippen LogP) is 4.38. The van der Waals surface area contributed by atoms with Crippen LogP contribution in [0.25, 0.3) is 10.8 Å². The molecule has 1 amide bonds. The summed E-state index contributed by atoms with van der Waals surface area (Å²) < 4.78 is 5.23. The number of ketones is 1. The number of esters is 1. The van der Waals surface area contributed by atoms with Crippen molar-refractivity contribution in [1.29, 1.82) is 0 Å².